The number of aryl methyl sites for hydroxylation is 1. The van der Waals surface area contributed by atoms with Gasteiger partial charge in [-0.2, -0.15) is 0 Å². The molecule has 0 spiro atoms. The maximum Gasteiger partial charge on any atom is 0.251 e. The molecular formula is C26H23ClN2O. The van der Waals surface area contributed by atoms with Crippen molar-refractivity contribution in [2.24, 2.45) is 5.73 Å². The van der Waals surface area contributed by atoms with Crippen LogP contribution in [0.4, 0.5) is 0 Å². The Morgan fingerprint density at radius 1 is 0.900 bits per heavy atom. The summed E-state index contributed by atoms with van der Waals surface area (Å²) < 4.78 is 2.21. The van der Waals surface area contributed by atoms with Crippen LogP contribution in [-0.2, 0) is 13.0 Å². The van der Waals surface area contributed by atoms with Crippen molar-refractivity contribution in [3.63, 3.8) is 0 Å². The van der Waals surface area contributed by atoms with Gasteiger partial charge in [-0.3, -0.25) is 4.79 Å². The Bertz CT molecular complexity index is 1180. The Kier molecular flexibility index (Phi) is 5.73. The summed E-state index contributed by atoms with van der Waals surface area (Å²) in [4.78, 5) is 12.5. The molecule has 0 atom stereocenters. The molecule has 4 aromatic rings. The molecule has 0 saturated carbocycles. The second-order valence-corrected chi connectivity index (χ2v) is 7.75. The molecule has 2 N–H and O–H groups in total. The molecule has 3 nitrogen and oxygen atoms in total. The number of halogens is 1. The van der Waals surface area contributed by atoms with Gasteiger partial charge in [0.25, 0.3) is 5.91 Å². The molecule has 1 amide bonds. The van der Waals surface area contributed by atoms with E-state index in [-0.39, 0.29) is 0 Å². The fourth-order valence-electron chi connectivity index (χ4n) is 4.03. The fraction of sp³-hybridized carbons (Fsp3) is 0.115. The van der Waals surface area contributed by atoms with Crippen LogP contribution in [0.15, 0.2) is 84.9 Å². The van der Waals surface area contributed by atoms with E-state index in [1.165, 1.54) is 0 Å². The number of primary amides is 1. The Morgan fingerprint density at radius 3 is 2.13 bits per heavy atom. The third-order valence-electron chi connectivity index (χ3n) is 5.39. The molecule has 0 fully saturated rings. The second kappa shape index (κ2) is 8.60. The quantitative estimate of drug-likeness (QED) is 0.405. The summed E-state index contributed by atoms with van der Waals surface area (Å²) in [5, 5.41) is 0.725. The van der Waals surface area contributed by atoms with Crippen LogP contribution in [0.2, 0.25) is 5.02 Å². The summed E-state index contributed by atoms with van der Waals surface area (Å²) in [6.45, 7) is 2.68. The predicted molar refractivity (Wildman–Crippen MR) is 124 cm³/mol. The smallest absolute Gasteiger partial charge is 0.251 e. The van der Waals surface area contributed by atoms with E-state index in [4.69, 9.17) is 17.3 Å². The highest BCUT2D eigenvalue weighted by molar-refractivity contribution is 6.30. The van der Waals surface area contributed by atoms with E-state index < -0.39 is 5.91 Å². The monoisotopic (exact) mass is 414 g/mol. The molecule has 1 aromatic heterocycles. The van der Waals surface area contributed by atoms with E-state index in [1.807, 2.05) is 73.7 Å². The normalized spacial score (nSPS) is 10.9. The summed E-state index contributed by atoms with van der Waals surface area (Å²) in [6, 6.07) is 28.0. The zero-order valence-electron chi connectivity index (χ0n) is 16.8. The van der Waals surface area contributed by atoms with Gasteiger partial charge in [-0.1, -0.05) is 84.4 Å². The maximum absolute atomic E-state index is 12.5. The topological polar surface area (TPSA) is 48.0 Å². The molecule has 0 unspecified atom stereocenters. The number of hydrogen-bond donors (Lipinski definition) is 1. The molecule has 1 heterocycles. The van der Waals surface area contributed by atoms with Crippen LogP contribution in [0.25, 0.3) is 22.4 Å². The fourth-order valence-corrected chi connectivity index (χ4v) is 4.25. The molecule has 0 bridgehead atoms. The van der Waals surface area contributed by atoms with Crippen LogP contribution < -0.4 is 5.73 Å². The van der Waals surface area contributed by atoms with Gasteiger partial charge in [0.2, 0.25) is 0 Å². The van der Waals surface area contributed by atoms with E-state index in [0.29, 0.717) is 12.1 Å². The summed E-state index contributed by atoms with van der Waals surface area (Å²) in [7, 11) is 0. The first kappa shape index (κ1) is 20.0. The largest absolute Gasteiger partial charge is 0.366 e. The van der Waals surface area contributed by atoms with Gasteiger partial charge in [-0.25, -0.2) is 0 Å². The minimum Gasteiger partial charge on any atom is -0.366 e. The molecular weight excluding hydrogens is 392 g/mol. The van der Waals surface area contributed by atoms with Crippen LogP contribution in [0.3, 0.4) is 0 Å². The average molecular weight is 415 g/mol. The van der Waals surface area contributed by atoms with Crippen molar-refractivity contribution in [2.75, 3.05) is 0 Å². The Hall–Kier alpha value is -3.30. The number of nitrogens with zero attached hydrogens (tertiary/aromatic N) is 1. The molecule has 30 heavy (non-hydrogen) atoms. The van der Waals surface area contributed by atoms with Crippen molar-refractivity contribution in [2.45, 2.75) is 19.9 Å². The van der Waals surface area contributed by atoms with Crippen LogP contribution in [0.5, 0.6) is 0 Å². The van der Waals surface area contributed by atoms with Gasteiger partial charge in [-0.05, 0) is 42.2 Å². The number of carbonyl (C=O) groups is 1. The highest BCUT2D eigenvalue weighted by Crippen LogP contribution is 2.39. The van der Waals surface area contributed by atoms with Gasteiger partial charge in [0.05, 0.1) is 11.3 Å². The lowest BCUT2D eigenvalue weighted by Gasteiger charge is -2.14. The average Bonchev–Trinajstić information content (AvgIpc) is 3.06. The summed E-state index contributed by atoms with van der Waals surface area (Å²) in [5.74, 6) is -0.412. The van der Waals surface area contributed by atoms with Crippen LogP contribution >= 0.6 is 11.6 Å². The van der Waals surface area contributed by atoms with Crippen molar-refractivity contribution in [1.82, 2.24) is 4.57 Å². The molecule has 3 aromatic carbocycles. The van der Waals surface area contributed by atoms with E-state index in [0.717, 1.165) is 45.1 Å². The zero-order chi connectivity index (χ0) is 21.1. The van der Waals surface area contributed by atoms with Gasteiger partial charge >= 0.3 is 0 Å². The van der Waals surface area contributed by atoms with Crippen molar-refractivity contribution < 1.29 is 4.79 Å². The van der Waals surface area contributed by atoms with Crippen molar-refractivity contribution in [3.8, 4) is 22.4 Å². The lowest BCUT2D eigenvalue weighted by molar-refractivity contribution is 0.1000. The highest BCUT2D eigenvalue weighted by Gasteiger charge is 2.25. The van der Waals surface area contributed by atoms with Crippen molar-refractivity contribution >= 4 is 17.5 Å². The van der Waals surface area contributed by atoms with Gasteiger partial charge in [0.1, 0.15) is 0 Å². The Morgan fingerprint density at radius 2 is 1.53 bits per heavy atom. The zero-order valence-corrected chi connectivity index (χ0v) is 17.6. The molecule has 0 saturated heterocycles. The minimum atomic E-state index is -0.412. The number of carbonyl (C=O) groups excluding carboxylic acids is 1. The summed E-state index contributed by atoms with van der Waals surface area (Å²) in [5.41, 5.74) is 12.4. The molecule has 0 radical (unpaired) electrons. The molecule has 4 heteroatoms. The number of rotatable bonds is 6. The third-order valence-corrected chi connectivity index (χ3v) is 5.63. The van der Waals surface area contributed by atoms with Crippen LogP contribution in [0, 0.1) is 6.92 Å². The van der Waals surface area contributed by atoms with E-state index >= 15 is 0 Å². The highest BCUT2D eigenvalue weighted by atomic mass is 35.5. The predicted octanol–water partition coefficient (Wildman–Crippen LogP) is 6.13. The lowest BCUT2D eigenvalue weighted by atomic mass is 9.96. The van der Waals surface area contributed by atoms with E-state index in [9.17, 15) is 4.79 Å². The number of hydrogen-bond acceptors (Lipinski definition) is 1. The van der Waals surface area contributed by atoms with Gasteiger partial charge in [-0.15, -0.1) is 0 Å². The van der Waals surface area contributed by atoms with Crippen LogP contribution in [0.1, 0.15) is 21.6 Å². The van der Waals surface area contributed by atoms with E-state index in [1.54, 1.807) is 0 Å². The SMILES string of the molecule is Cc1c(C(N)=O)c(-c2ccccc2)c(-c2ccccc2)n1CCc1cccc(Cl)c1. The van der Waals surface area contributed by atoms with E-state index in [2.05, 4.69) is 22.8 Å². The number of aromatic nitrogens is 1. The first-order valence-corrected chi connectivity index (χ1v) is 10.3. The summed E-state index contributed by atoms with van der Waals surface area (Å²) in [6.07, 6.45) is 0.794. The second-order valence-electron chi connectivity index (χ2n) is 7.31. The van der Waals surface area contributed by atoms with Gasteiger partial charge in [0.15, 0.2) is 0 Å². The molecule has 150 valence electrons. The number of benzene rings is 3. The van der Waals surface area contributed by atoms with Crippen LogP contribution in [-0.4, -0.2) is 10.5 Å². The number of amides is 1. The molecule has 0 aliphatic rings. The molecule has 0 aliphatic carbocycles. The molecule has 0 aliphatic heterocycles. The summed E-state index contributed by atoms with van der Waals surface area (Å²) >= 11 is 6.17. The Balaban J connectivity index is 1.91. The Labute approximate surface area is 181 Å². The standard InChI is InChI=1S/C26H23ClN2O/c1-18-23(26(28)30)24(20-10-4-2-5-11-20)25(21-12-6-3-7-13-21)29(18)16-15-19-9-8-14-22(27)17-19/h2-14,17H,15-16H2,1H3,(H2,28,30). The first-order valence-electron chi connectivity index (χ1n) is 9.94. The van der Waals surface area contributed by atoms with Crippen molar-refractivity contribution in [1.29, 1.82) is 0 Å². The van der Waals surface area contributed by atoms with Gasteiger partial charge < -0.3 is 10.3 Å². The lowest BCUT2D eigenvalue weighted by Crippen LogP contribution is -2.13. The minimum absolute atomic E-state index is 0.412. The first-order chi connectivity index (χ1) is 14.6. The van der Waals surface area contributed by atoms with Gasteiger partial charge in [0, 0.05) is 22.8 Å². The number of nitrogens with two attached hydrogens (primary N) is 1. The molecule has 4 rings (SSSR count). The maximum atomic E-state index is 12.5. The van der Waals surface area contributed by atoms with Crippen molar-refractivity contribution in [3.05, 3.63) is 107 Å². The third kappa shape index (κ3) is 3.89.